The van der Waals surface area contributed by atoms with Gasteiger partial charge in [-0.25, -0.2) is 0 Å². The summed E-state index contributed by atoms with van der Waals surface area (Å²) in [5, 5.41) is 2.91. The molecule has 3 rings (SSSR count). The fraction of sp³-hybridized carbons (Fsp3) is 0.355. The van der Waals surface area contributed by atoms with Gasteiger partial charge >= 0.3 is 0 Å². The quantitative estimate of drug-likeness (QED) is 0.169. The number of rotatable bonds is 10. The predicted molar refractivity (Wildman–Crippen MR) is 156 cm³/mol. The minimum Gasteiger partial charge on any atom is -0.456 e. The molecule has 5 N–H and O–H groups in total. The van der Waals surface area contributed by atoms with Crippen LogP contribution in [0.25, 0.3) is 0 Å². The van der Waals surface area contributed by atoms with Crippen molar-refractivity contribution in [1.29, 1.82) is 0 Å². The standard InChI is InChI=1S/C31H40N4O3/c1-8-30(4,5)21-10-16-28(26(18-21)31(6,7)9-2)38-27-17-11-22(32)19-25(27)29(37)33-23-12-14-24(15-13-23)35-34-20(3)36/h10-19,35H,8-9,32H2,1-7H3,(H,33,37)(H,34,36). The van der Waals surface area contributed by atoms with Crippen molar-refractivity contribution in [3.05, 3.63) is 77.4 Å². The van der Waals surface area contributed by atoms with Crippen molar-refractivity contribution in [3.63, 3.8) is 0 Å². The van der Waals surface area contributed by atoms with Gasteiger partial charge in [0.25, 0.3) is 5.91 Å². The Morgan fingerprint density at radius 3 is 2.03 bits per heavy atom. The SMILES string of the molecule is CCC(C)(C)c1ccc(Oc2ccc(N)cc2C(=O)Nc2ccc(NNC(C)=O)cc2)c(C(C)(C)CC)c1. The second-order valence-electron chi connectivity index (χ2n) is 10.9. The number of nitrogen functional groups attached to an aromatic ring is 1. The van der Waals surface area contributed by atoms with Gasteiger partial charge in [-0.1, -0.05) is 53.7 Å². The Bertz CT molecular complexity index is 1300. The molecule has 0 heterocycles. The normalized spacial score (nSPS) is 11.6. The van der Waals surface area contributed by atoms with Gasteiger partial charge in [0, 0.05) is 23.9 Å². The van der Waals surface area contributed by atoms with E-state index >= 15 is 0 Å². The Labute approximate surface area is 226 Å². The van der Waals surface area contributed by atoms with Gasteiger partial charge in [0.05, 0.1) is 11.3 Å². The molecule has 0 spiro atoms. The van der Waals surface area contributed by atoms with Gasteiger partial charge in [-0.3, -0.25) is 20.4 Å². The summed E-state index contributed by atoms with van der Waals surface area (Å²) in [6.45, 7) is 14.7. The predicted octanol–water partition coefficient (Wildman–Crippen LogP) is 7.15. The molecule has 0 aliphatic heterocycles. The summed E-state index contributed by atoms with van der Waals surface area (Å²) in [6, 6.07) is 18.4. The maximum Gasteiger partial charge on any atom is 0.259 e. The van der Waals surface area contributed by atoms with E-state index in [0.29, 0.717) is 28.4 Å². The molecule has 3 aromatic carbocycles. The van der Waals surface area contributed by atoms with Crippen LogP contribution in [0.5, 0.6) is 11.5 Å². The summed E-state index contributed by atoms with van der Waals surface area (Å²) < 4.78 is 6.45. The maximum atomic E-state index is 13.3. The van der Waals surface area contributed by atoms with E-state index in [1.165, 1.54) is 12.5 Å². The van der Waals surface area contributed by atoms with Crippen LogP contribution < -0.4 is 26.6 Å². The summed E-state index contributed by atoms with van der Waals surface area (Å²) >= 11 is 0. The molecule has 38 heavy (non-hydrogen) atoms. The first-order valence-corrected chi connectivity index (χ1v) is 13.0. The third-order valence-electron chi connectivity index (χ3n) is 7.25. The van der Waals surface area contributed by atoms with E-state index in [9.17, 15) is 9.59 Å². The van der Waals surface area contributed by atoms with E-state index in [2.05, 4.69) is 69.8 Å². The molecule has 7 nitrogen and oxygen atoms in total. The number of hydrazine groups is 1. The first kappa shape index (κ1) is 28.6. The molecular formula is C31H40N4O3. The third-order valence-corrected chi connectivity index (χ3v) is 7.25. The zero-order valence-corrected chi connectivity index (χ0v) is 23.5. The lowest BCUT2D eigenvalue weighted by atomic mass is 9.76. The number of benzene rings is 3. The summed E-state index contributed by atoms with van der Waals surface area (Å²) in [4.78, 5) is 24.4. The van der Waals surface area contributed by atoms with Gasteiger partial charge in [-0.15, -0.1) is 0 Å². The molecule has 0 radical (unpaired) electrons. The maximum absolute atomic E-state index is 13.3. The van der Waals surface area contributed by atoms with Crippen LogP contribution >= 0.6 is 0 Å². The lowest BCUT2D eigenvalue weighted by molar-refractivity contribution is -0.118. The first-order chi connectivity index (χ1) is 17.9. The highest BCUT2D eigenvalue weighted by atomic mass is 16.5. The van der Waals surface area contributed by atoms with Crippen LogP contribution in [-0.2, 0) is 15.6 Å². The second kappa shape index (κ2) is 11.6. The van der Waals surface area contributed by atoms with Crippen molar-refractivity contribution in [2.24, 2.45) is 0 Å². The van der Waals surface area contributed by atoms with E-state index in [1.807, 2.05) is 6.07 Å². The van der Waals surface area contributed by atoms with E-state index in [-0.39, 0.29) is 22.6 Å². The monoisotopic (exact) mass is 516 g/mol. The fourth-order valence-corrected chi connectivity index (χ4v) is 3.89. The highest BCUT2D eigenvalue weighted by Crippen LogP contribution is 2.41. The van der Waals surface area contributed by atoms with Crippen LogP contribution in [0, 0.1) is 0 Å². The van der Waals surface area contributed by atoms with Gasteiger partial charge in [0.1, 0.15) is 11.5 Å². The Morgan fingerprint density at radius 1 is 0.816 bits per heavy atom. The van der Waals surface area contributed by atoms with E-state index in [4.69, 9.17) is 10.5 Å². The number of anilines is 3. The number of nitrogens with one attached hydrogen (secondary N) is 3. The summed E-state index contributed by atoms with van der Waals surface area (Å²) in [7, 11) is 0. The first-order valence-electron chi connectivity index (χ1n) is 13.0. The summed E-state index contributed by atoms with van der Waals surface area (Å²) in [6.07, 6.45) is 1.95. The second-order valence-corrected chi connectivity index (χ2v) is 10.9. The number of nitrogens with two attached hydrogens (primary N) is 1. The van der Waals surface area contributed by atoms with Crippen LogP contribution in [0.15, 0.2) is 60.7 Å². The highest BCUT2D eigenvalue weighted by Gasteiger charge is 2.27. The molecule has 0 saturated carbocycles. The number of ether oxygens (including phenoxy) is 1. The van der Waals surface area contributed by atoms with E-state index in [1.54, 1.807) is 42.5 Å². The third kappa shape index (κ3) is 6.85. The highest BCUT2D eigenvalue weighted by molar-refractivity contribution is 6.06. The Morgan fingerprint density at radius 2 is 1.42 bits per heavy atom. The smallest absolute Gasteiger partial charge is 0.259 e. The molecule has 3 aromatic rings. The number of hydrogen-bond donors (Lipinski definition) is 4. The average molecular weight is 517 g/mol. The molecule has 2 amide bonds. The van der Waals surface area contributed by atoms with Crippen molar-refractivity contribution < 1.29 is 14.3 Å². The zero-order chi connectivity index (χ0) is 28.1. The molecule has 0 saturated heterocycles. The minimum absolute atomic E-state index is 0.0382. The number of amides is 2. The van der Waals surface area contributed by atoms with Crippen molar-refractivity contribution in [2.75, 3.05) is 16.5 Å². The molecule has 0 aliphatic carbocycles. The van der Waals surface area contributed by atoms with E-state index in [0.717, 1.165) is 24.2 Å². The Kier molecular flexibility index (Phi) is 8.71. The van der Waals surface area contributed by atoms with Crippen LogP contribution in [-0.4, -0.2) is 11.8 Å². The fourth-order valence-electron chi connectivity index (χ4n) is 3.89. The van der Waals surface area contributed by atoms with Gasteiger partial charge < -0.3 is 15.8 Å². The van der Waals surface area contributed by atoms with Crippen molar-refractivity contribution in [3.8, 4) is 11.5 Å². The molecule has 0 aromatic heterocycles. The number of carbonyl (C=O) groups is 2. The lowest BCUT2D eigenvalue weighted by Gasteiger charge is -2.30. The number of carbonyl (C=O) groups excluding carboxylic acids is 2. The van der Waals surface area contributed by atoms with Crippen molar-refractivity contribution in [2.45, 2.75) is 72.1 Å². The van der Waals surface area contributed by atoms with Crippen LogP contribution in [0.3, 0.4) is 0 Å². The summed E-state index contributed by atoms with van der Waals surface area (Å²) in [5.41, 5.74) is 15.7. The Hall–Kier alpha value is -4.00. The van der Waals surface area contributed by atoms with Gasteiger partial charge in [-0.2, -0.15) is 0 Å². The molecule has 0 atom stereocenters. The lowest BCUT2D eigenvalue weighted by Crippen LogP contribution is -2.26. The van der Waals surface area contributed by atoms with Gasteiger partial charge in [0.2, 0.25) is 5.91 Å². The summed E-state index contributed by atoms with van der Waals surface area (Å²) in [5.74, 6) is 0.608. The Balaban J connectivity index is 1.92. The van der Waals surface area contributed by atoms with Crippen LogP contribution in [0.2, 0.25) is 0 Å². The van der Waals surface area contributed by atoms with Gasteiger partial charge in [-0.05, 0) is 77.8 Å². The molecule has 7 heteroatoms. The van der Waals surface area contributed by atoms with Gasteiger partial charge in [0.15, 0.2) is 0 Å². The van der Waals surface area contributed by atoms with E-state index < -0.39 is 0 Å². The molecular weight excluding hydrogens is 476 g/mol. The molecule has 0 aliphatic rings. The average Bonchev–Trinajstić information content (AvgIpc) is 2.89. The van der Waals surface area contributed by atoms with Crippen LogP contribution in [0.1, 0.15) is 82.8 Å². The number of hydrogen-bond acceptors (Lipinski definition) is 5. The minimum atomic E-state index is -0.338. The van der Waals surface area contributed by atoms with Crippen LogP contribution in [0.4, 0.5) is 17.1 Å². The largest absolute Gasteiger partial charge is 0.456 e. The van der Waals surface area contributed by atoms with Crippen molar-refractivity contribution in [1.82, 2.24) is 5.43 Å². The zero-order valence-electron chi connectivity index (χ0n) is 23.5. The topological polar surface area (TPSA) is 105 Å². The molecule has 0 fully saturated rings. The van der Waals surface area contributed by atoms with Crippen molar-refractivity contribution >= 4 is 28.9 Å². The molecule has 0 bridgehead atoms. The molecule has 0 unspecified atom stereocenters. The molecule has 202 valence electrons.